The van der Waals surface area contributed by atoms with Crippen molar-refractivity contribution in [2.24, 2.45) is 4.99 Å². The molecule has 3 aliphatic heterocycles. The number of halogens is 1. The van der Waals surface area contributed by atoms with Crippen molar-refractivity contribution in [2.45, 2.75) is 6.54 Å². The van der Waals surface area contributed by atoms with Gasteiger partial charge >= 0.3 is 0 Å². The molecule has 0 unspecified atom stereocenters. The number of ether oxygens (including phenoxy) is 1. The first-order valence-corrected chi connectivity index (χ1v) is 10.5. The first kappa shape index (κ1) is 19.0. The van der Waals surface area contributed by atoms with Gasteiger partial charge in [0.05, 0.1) is 35.9 Å². The van der Waals surface area contributed by atoms with E-state index in [9.17, 15) is 14.0 Å². The van der Waals surface area contributed by atoms with Crippen molar-refractivity contribution in [3.05, 3.63) is 70.4 Å². The van der Waals surface area contributed by atoms with E-state index in [1.165, 1.54) is 23.9 Å². The second kappa shape index (κ2) is 7.70. The van der Waals surface area contributed by atoms with Crippen molar-refractivity contribution in [1.82, 2.24) is 4.90 Å². The van der Waals surface area contributed by atoms with Crippen molar-refractivity contribution in [3.63, 3.8) is 0 Å². The number of benzene rings is 2. The number of fused-ring (bicyclic) bond motifs is 1. The van der Waals surface area contributed by atoms with Gasteiger partial charge in [0.2, 0.25) is 0 Å². The van der Waals surface area contributed by atoms with Crippen LogP contribution in [0.5, 0.6) is 0 Å². The van der Waals surface area contributed by atoms with Crippen LogP contribution >= 0.6 is 11.8 Å². The standard InChI is InChI=1S/C22H18FN3O3S/c23-15-7-5-14(6-8-15)13-26-17-4-2-1-3-16(17)18(21(26)28)19-20(27)24-22(30-19)25-9-11-29-12-10-25/h1-8H,9-13H2/b19-18+. The van der Waals surface area contributed by atoms with Gasteiger partial charge in [0, 0.05) is 18.7 Å². The van der Waals surface area contributed by atoms with E-state index in [2.05, 4.69) is 4.99 Å². The molecule has 0 N–H and O–H groups in total. The molecule has 1 saturated heterocycles. The summed E-state index contributed by atoms with van der Waals surface area (Å²) in [4.78, 5) is 34.3. The van der Waals surface area contributed by atoms with E-state index < -0.39 is 0 Å². The zero-order chi connectivity index (χ0) is 20.7. The quantitative estimate of drug-likeness (QED) is 0.695. The largest absolute Gasteiger partial charge is 0.378 e. The molecule has 5 rings (SSSR count). The summed E-state index contributed by atoms with van der Waals surface area (Å²) >= 11 is 1.25. The Bertz CT molecular complexity index is 1090. The minimum absolute atomic E-state index is 0.241. The molecule has 152 valence electrons. The van der Waals surface area contributed by atoms with Crippen LogP contribution in [0.2, 0.25) is 0 Å². The zero-order valence-corrected chi connectivity index (χ0v) is 16.8. The molecule has 8 heteroatoms. The summed E-state index contributed by atoms with van der Waals surface area (Å²) < 4.78 is 18.6. The lowest BCUT2D eigenvalue weighted by Gasteiger charge is -2.27. The number of carbonyl (C=O) groups is 2. The molecule has 1 fully saturated rings. The highest BCUT2D eigenvalue weighted by atomic mass is 32.2. The third kappa shape index (κ3) is 3.32. The molecule has 0 aliphatic carbocycles. The molecular formula is C22H18FN3O3S. The fourth-order valence-corrected chi connectivity index (χ4v) is 4.83. The first-order chi connectivity index (χ1) is 14.6. The fraction of sp³-hybridized carbons (Fsp3) is 0.227. The molecule has 2 amide bonds. The number of anilines is 1. The van der Waals surface area contributed by atoms with Crippen LogP contribution in [0.25, 0.3) is 5.57 Å². The number of aliphatic imine (C=N–C) groups is 1. The highest BCUT2D eigenvalue weighted by Gasteiger charge is 2.39. The van der Waals surface area contributed by atoms with E-state index in [1.807, 2.05) is 29.2 Å². The summed E-state index contributed by atoms with van der Waals surface area (Å²) in [6.07, 6.45) is 0. The fourth-order valence-electron chi connectivity index (χ4n) is 3.77. The Balaban J connectivity index is 1.49. The minimum Gasteiger partial charge on any atom is -0.378 e. The molecule has 3 aliphatic rings. The number of nitrogens with zero attached hydrogens (tertiary/aromatic N) is 3. The van der Waals surface area contributed by atoms with E-state index in [0.717, 1.165) is 16.8 Å². The Kier molecular flexibility index (Phi) is 4.88. The summed E-state index contributed by atoms with van der Waals surface area (Å²) in [5, 5.41) is 0.619. The third-order valence-corrected chi connectivity index (χ3v) is 6.39. The molecule has 30 heavy (non-hydrogen) atoms. The monoisotopic (exact) mass is 423 g/mol. The van der Waals surface area contributed by atoms with Gasteiger partial charge < -0.3 is 14.5 Å². The smallest absolute Gasteiger partial charge is 0.287 e. The van der Waals surface area contributed by atoms with Gasteiger partial charge in [-0.1, -0.05) is 30.3 Å². The molecule has 6 nitrogen and oxygen atoms in total. The summed E-state index contributed by atoms with van der Waals surface area (Å²) in [6, 6.07) is 13.5. The summed E-state index contributed by atoms with van der Waals surface area (Å²) in [7, 11) is 0. The maximum absolute atomic E-state index is 13.4. The van der Waals surface area contributed by atoms with Gasteiger partial charge in [-0.25, -0.2) is 4.39 Å². The lowest BCUT2D eigenvalue weighted by Crippen LogP contribution is -2.38. The van der Waals surface area contributed by atoms with Gasteiger partial charge in [-0.15, -0.1) is 0 Å². The number of thioether (sulfide) groups is 1. The van der Waals surface area contributed by atoms with Crippen LogP contribution in [0.3, 0.4) is 0 Å². The van der Waals surface area contributed by atoms with Crippen LogP contribution in [0.15, 0.2) is 58.4 Å². The molecule has 2 aromatic carbocycles. The summed E-state index contributed by atoms with van der Waals surface area (Å²) in [6.45, 7) is 2.81. The van der Waals surface area contributed by atoms with Gasteiger partial charge in [-0.05, 0) is 35.5 Å². The number of hydrogen-bond donors (Lipinski definition) is 0. The van der Waals surface area contributed by atoms with Crippen LogP contribution < -0.4 is 4.90 Å². The molecule has 0 radical (unpaired) electrons. The topological polar surface area (TPSA) is 62.2 Å². The first-order valence-electron chi connectivity index (χ1n) is 9.65. The maximum Gasteiger partial charge on any atom is 0.287 e. The van der Waals surface area contributed by atoms with Crippen LogP contribution in [0, 0.1) is 5.82 Å². The molecule has 0 atom stereocenters. The van der Waals surface area contributed by atoms with Crippen molar-refractivity contribution in [3.8, 4) is 0 Å². The van der Waals surface area contributed by atoms with Gasteiger partial charge in [0.1, 0.15) is 5.82 Å². The second-order valence-electron chi connectivity index (χ2n) is 7.14. The molecule has 2 aromatic rings. The van der Waals surface area contributed by atoms with E-state index >= 15 is 0 Å². The van der Waals surface area contributed by atoms with Gasteiger partial charge in [0.15, 0.2) is 5.17 Å². The van der Waals surface area contributed by atoms with Crippen LogP contribution in [0.4, 0.5) is 10.1 Å². The molecular weight excluding hydrogens is 405 g/mol. The molecule has 0 saturated carbocycles. The predicted octanol–water partition coefficient (Wildman–Crippen LogP) is 3.05. The molecule has 0 bridgehead atoms. The molecule has 0 aromatic heterocycles. The predicted molar refractivity (Wildman–Crippen MR) is 113 cm³/mol. The Hall–Kier alpha value is -2.97. The van der Waals surface area contributed by atoms with Gasteiger partial charge in [-0.3, -0.25) is 9.59 Å². The average Bonchev–Trinajstić information content (AvgIpc) is 3.28. The normalized spacial score (nSPS) is 21.3. The Morgan fingerprint density at radius 2 is 1.77 bits per heavy atom. The minimum atomic E-state index is -0.386. The molecule has 0 spiro atoms. The lowest BCUT2D eigenvalue weighted by atomic mass is 10.1. The van der Waals surface area contributed by atoms with E-state index in [1.54, 1.807) is 17.0 Å². The van der Waals surface area contributed by atoms with Crippen molar-refractivity contribution in [2.75, 3.05) is 31.2 Å². The number of amidine groups is 1. The number of amides is 2. The summed E-state index contributed by atoms with van der Waals surface area (Å²) in [5.41, 5.74) is 2.65. The van der Waals surface area contributed by atoms with Crippen LogP contribution in [0.1, 0.15) is 11.1 Å². The number of hydrogen-bond acceptors (Lipinski definition) is 5. The van der Waals surface area contributed by atoms with Crippen LogP contribution in [-0.2, 0) is 20.9 Å². The van der Waals surface area contributed by atoms with Gasteiger partial charge in [-0.2, -0.15) is 4.99 Å². The highest BCUT2D eigenvalue weighted by Crippen LogP contribution is 2.44. The summed E-state index contributed by atoms with van der Waals surface area (Å²) in [5.74, 6) is -0.950. The number of para-hydroxylation sites is 1. The highest BCUT2D eigenvalue weighted by molar-refractivity contribution is 8.18. The number of rotatable bonds is 2. The van der Waals surface area contributed by atoms with Crippen molar-refractivity contribution < 1.29 is 18.7 Å². The van der Waals surface area contributed by atoms with E-state index in [-0.39, 0.29) is 17.6 Å². The van der Waals surface area contributed by atoms with E-state index in [4.69, 9.17) is 4.74 Å². The molecule has 3 heterocycles. The van der Waals surface area contributed by atoms with Crippen LogP contribution in [-0.4, -0.2) is 48.2 Å². The number of carbonyl (C=O) groups excluding carboxylic acids is 2. The van der Waals surface area contributed by atoms with Gasteiger partial charge in [0.25, 0.3) is 11.8 Å². The van der Waals surface area contributed by atoms with Crippen molar-refractivity contribution in [1.29, 1.82) is 0 Å². The maximum atomic E-state index is 13.4. The Morgan fingerprint density at radius 3 is 2.53 bits per heavy atom. The zero-order valence-electron chi connectivity index (χ0n) is 16.0. The second-order valence-corrected chi connectivity index (χ2v) is 8.12. The lowest BCUT2D eigenvalue weighted by molar-refractivity contribution is -0.115. The van der Waals surface area contributed by atoms with E-state index in [0.29, 0.717) is 48.5 Å². The average molecular weight is 423 g/mol. The van der Waals surface area contributed by atoms with Crippen molar-refractivity contribution >= 4 is 40.0 Å². The Labute approximate surface area is 177 Å². The number of morpholine rings is 1. The Morgan fingerprint density at radius 1 is 1.03 bits per heavy atom. The SMILES string of the molecule is O=C1N=C(N2CCOCC2)S/C1=C1/C(=O)N(Cc2ccc(F)cc2)c2ccccc21. The third-order valence-electron chi connectivity index (χ3n) is 5.27.